The summed E-state index contributed by atoms with van der Waals surface area (Å²) < 4.78 is 0. The second-order valence-corrected chi connectivity index (χ2v) is 0. The molecule has 22 heteroatoms. The molecule has 22 nitrogen and oxygen atoms in total. The first-order valence-electron chi connectivity index (χ1n) is 2.25. The van der Waals surface area contributed by atoms with Crippen molar-refractivity contribution in [2.24, 2.45) is 0 Å². The normalized spacial score (nSPS) is 1.47. The Bertz CT molecular complexity index is 85.2. The molecule has 0 saturated heterocycles. The van der Waals surface area contributed by atoms with Gasteiger partial charge in [-0.1, -0.05) is 121 Å². The highest BCUT2D eigenvalue weighted by Gasteiger charge is 0.609. The monoisotopic (exact) mass is 469 g/mol. The molecule has 0 aliphatic heterocycles. The molecule has 0 radical (unpaired) electrons. The van der Waals surface area contributed by atoms with Crippen LogP contribution in [0.2, 0.25) is 0 Å². The second kappa shape index (κ2) is 708. The van der Waals surface area contributed by atoms with Crippen molar-refractivity contribution in [3.05, 3.63) is 54.0 Å². The van der Waals surface area contributed by atoms with Gasteiger partial charge in [-0.25, -0.2) is 0 Å². The van der Waals surface area contributed by atoms with Crippen LogP contribution in [0, 0.1) is 116 Å². The number of hydrogen-bond donors (Lipinski definition) is 11. The minimum Gasteiger partial charge on any atom is -0.154 e. The molecule has 11 N–H and O–H groups in total. The summed E-state index contributed by atoms with van der Waals surface area (Å²) in [6.07, 6.45) is 0. The zero-order chi connectivity index (χ0) is 22.0. The van der Waals surface area contributed by atoms with Crippen LogP contribution >= 0.6 is 0 Å². The lowest BCUT2D eigenvalue weighted by molar-refractivity contribution is 1.49. The van der Waals surface area contributed by atoms with E-state index in [0.717, 1.165) is 0 Å². The van der Waals surface area contributed by atoms with E-state index in [4.69, 9.17) is 54.0 Å². The van der Waals surface area contributed by atoms with Gasteiger partial charge in [-0.3, -0.25) is 0 Å². The van der Waals surface area contributed by atoms with E-state index in [1.165, 1.54) is 0 Å². The third-order valence-electron chi connectivity index (χ3n) is 0. The lowest BCUT2D eigenvalue weighted by atomic mass is 12.0. The Hall–Kier alpha value is -4.40. The molecule has 196 valence electrons. The summed E-state index contributed by atoms with van der Waals surface area (Å²) in [5.74, 6) is 0. The maximum absolute atomic E-state index is 7.50. The Kier molecular flexibility index (Phi) is 8390. The second-order valence-electron chi connectivity index (χ2n) is 0. The van der Waals surface area contributed by atoms with Gasteiger partial charge in [0.25, 0.3) is 0 Å². The molecule has 0 aliphatic carbocycles. The Morgan fingerprint density at radius 1 is 0.133 bits per heavy atom. The van der Waals surface area contributed by atoms with Gasteiger partial charge in [0.1, 0.15) is 0 Å². The summed E-state index contributed by atoms with van der Waals surface area (Å²) in [5.41, 5.74) is 49.5. The Balaban J connectivity index is -0.00000000254. The Morgan fingerprint density at radius 3 is 0.133 bits per heavy atom. The largest absolute Gasteiger partial charge is 0.154 e. The predicted molar refractivity (Wildman–Crippen MR) is 121 cm³/mol. The number of nitrogens with one attached hydrogen (secondary N) is 11. The van der Waals surface area contributed by atoms with Crippen LogP contribution in [0.4, 0.5) is 0 Å². The van der Waals surface area contributed by atoms with Crippen molar-refractivity contribution < 1.29 is 0 Å². The number of rotatable bonds is 0. The smallest absolute Gasteiger partial charge is 0.0776 e. The molecule has 0 saturated carbocycles. The van der Waals surface area contributed by atoms with E-state index < -0.39 is 0 Å². The molecule has 0 bridgehead atoms. The highest BCUT2D eigenvalue weighted by Crippen LogP contribution is 0.787. The SMILES string of the molecule is C.C.C.C.C.C.C.C.N=O.N=O.N=O.N=O.N=O.N=O.N=O.N=O.N=O.N=O.N=O. The van der Waals surface area contributed by atoms with Crippen molar-refractivity contribution in [2.45, 2.75) is 59.4 Å². The average molecular weight is 469 g/mol. The summed E-state index contributed by atoms with van der Waals surface area (Å²) in [6, 6.07) is 0. The quantitative estimate of drug-likeness (QED) is 0.149. The molecule has 0 atom stereocenters. The molecule has 0 heterocycles. The van der Waals surface area contributed by atoms with Gasteiger partial charge in [0, 0.05) is 0 Å². The van der Waals surface area contributed by atoms with E-state index in [1.807, 2.05) is 0 Å². The van der Waals surface area contributed by atoms with E-state index in [9.17, 15) is 0 Å². The maximum Gasteiger partial charge on any atom is -0.0776 e. The first-order valence-corrected chi connectivity index (χ1v) is 2.25. The average Bonchev–Trinajstić information content (AvgIpc) is 2.78. The molecule has 0 amide bonds. The van der Waals surface area contributed by atoms with Crippen LogP contribution in [-0.2, 0) is 0 Å². The fourth-order valence-electron chi connectivity index (χ4n) is 0. The van der Waals surface area contributed by atoms with Crippen LogP contribution in [0.25, 0.3) is 0 Å². The summed E-state index contributed by atoms with van der Waals surface area (Å²) in [7, 11) is 0. The van der Waals surface area contributed by atoms with Gasteiger partial charge in [-0.15, -0.1) is 0 Å². The van der Waals surface area contributed by atoms with E-state index >= 15 is 0 Å². The molecule has 0 spiro atoms. The standard InChI is InChI=1S/8CH4.11HNO/c;;;;;;;;11*1-2/h8*1H4;11*1H. The highest BCUT2D eigenvalue weighted by molar-refractivity contribution is 3.65. The van der Waals surface area contributed by atoms with Crippen LogP contribution in [-0.4, -0.2) is 0 Å². The van der Waals surface area contributed by atoms with Crippen molar-refractivity contribution in [1.29, 1.82) is 61.5 Å². The van der Waals surface area contributed by atoms with Crippen molar-refractivity contribution >= 4 is 0 Å². The molecule has 0 fully saturated rings. The zero-order valence-electron chi connectivity index (χ0n) is 9.99. The van der Waals surface area contributed by atoms with E-state index in [0.29, 0.717) is 0 Å². The molecule has 0 aliphatic rings. The Morgan fingerprint density at radius 2 is 0.133 bits per heavy atom. The Labute approximate surface area is 176 Å². The zero-order valence-corrected chi connectivity index (χ0v) is 9.99. The van der Waals surface area contributed by atoms with Crippen molar-refractivity contribution in [3.8, 4) is 0 Å². The van der Waals surface area contributed by atoms with Crippen molar-refractivity contribution in [1.82, 2.24) is 0 Å². The molecular weight excluding hydrogens is 426 g/mol. The summed E-state index contributed by atoms with van der Waals surface area (Å²) >= 11 is 0. The molecule has 30 heavy (non-hydrogen) atoms. The fraction of sp³-hybridized carbons (Fsp3) is 1.00. The number of hydrogen-bond acceptors (Lipinski definition) is 22. The molecule has 0 aromatic carbocycles. The van der Waals surface area contributed by atoms with Crippen LogP contribution in [0.1, 0.15) is 59.4 Å². The van der Waals surface area contributed by atoms with Gasteiger partial charge in [-0.2, -0.15) is 54.0 Å². The summed E-state index contributed by atoms with van der Waals surface area (Å²) in [5, 5.41) is 0. The van der Waals surface area contributed by atoms with Gasteiger partial charge in [0.05, 0.1) is 0 Å². The van der Waals surface area contributed by atoms with Gasteiger partial charge in [-0.05, 0) is 0 Å². The first-order chi connectivity index (χ1) is 11.0. The van der Waals surface area contributed by atoms with Gasteiger partial charge in [0.2, 0.25) is 0 Å². The van der Waals surface area contributed by atoms with Crippen LogP contribution in [0.3, 0.4) is 0 Å². The molecule has 0 aromatic heterocycles. The molecule has 0 aromatic rings. The fourth-order valence-corrected chi connectivity index (χ4v) is 0. The van der Waals surface area contributed by atoms with Crippen molar-refractivity contribution in [2.75, 3.05) is 0 Å². The van der Waals surface area contributed by atoms with Gasteiger partial charge >= 0.3 is 0 Å². The molecule has 0 unspecified atom stereocenters. The van der Waals surface area contributed by atoms with E-state index in [-0.39, 0.29) is 59.4 Å². The minimum atomic E-state index is 0. The van der Waals surface area contributed by atoms with Gasteiger partial charge in [0.15, 0.2) is 0 Å². The molecule has 0 rings (SSSR count). The van der Waals surface area contributed by atoms with Crippen LogP contribution < -0.4 is 0 Å². The van der Waals surface area contributed by atoms with Crippen molar-refractivity contribution in [3.63, 3.8) is 0 Å². The van der Waals surface area contributed by atoms with E-state index in [1.54, 1.807) is 0 Å². The first kappa shape index (κ1) is 356. The van der Waals surface area contributed by atoms with Crippen LogP contribution in [0.15, 0.2) is 0 Å². The third kappa shape index (κ3) is 623. The van der Waals surface area contributed by atoms with Gasteiger partial charge < -0.3 is 0 Å². The number of nitroso groups, excluding NO2 is 11. The maximum atomic E-state index is 7.50. The van der Waals surface area contributed by atoms with E-state index in [2.05, 4.69) is 61.5 Å². The minimum absolute atomic E-state index is 0. The third-order valence-corrected chi connectivity index (χ3v) is 0. The molecular formula is C8H43N11O11. The topological polar surface area (TPSA) is 450 Å². The lowest BCUT2D eigenvalue weighted by Crippen LogP contribution is -0.649. The predicted octanol–water partition coefficient (Wildman–Crippen LogP) is 8.74. The highest BCUT2D eigenvalue weighted by atomic mass is 16.2. The summed E-state index contributed by atoms with van der Waals surface area (Å²) in [6.45, 7) is 0. The lowest BCUT2D eigenvalue weighted by Gasteiger charge is -0.827. The van der Waals surface area contributed by atoms with Crippen LogP contribution in [0.5, 0.6) is 0 Å². The summed E-state index contributed by atoms with van der Waals surface area (Å²) in [4.78, 5) is 82.5.